The third-order valence-electron chi connectivity index (χ3n) is 3.99. The normalized spacial score (nSPS) is 15.5. The van der Waals surface area contributed by atoms with Crippen LogP contribution in [0.15, 0.2) is 59.6 Å². The number of hydrogen-bond acceptors (Lipinski definition) is 6. The molecule has 0 spiro atoms. The molecule has 0 atom stereocenters. The van der Waals surface area contributed by atoms with Crippen LogP contribution in [0.4, 0.5) is 11.4 Å². The molecule has 0 bridgehead atoms. The lowest BCUT2D eigenvalue weighted by molar-refractivity contribution is -0.114. The second-order valence-corrected chi connectivity index (χ2v) is 7.70. The fourth-order valence-corrected chi connectivity index (χ4v) is 4.05. The average molecular weight is 406 g/mol. The maximum absolute atomic E-state index is 12.9. The lowest BCUT2D eigenvalue weighted by atomic mass is 10.2. The lowest BCUT2D eigenvalue weighted by Gasteiger charge is -2.15. The number of fused-ring (bicyclic) bond motifs is 1. The standard InChI is InChI=1S/C20H14N4O2S2/c1-12(25)22-13-6-8-15(9-7-13)24-19(26)18(28-20(24)27)10-14-11-21-16-4-2-3-5-17(16)23-14/h2-11H,1H3,(H,22,25)/b18-10-. The molecule has 1 N–H and O–H groups in total. The van der Waals surface area contributed by atoms with Crippen LogP contribution in [0.25, 0.3) is 17.1 Å². The number of aromatic nitrogens is 2. The molecule has 1 aliphatic rings. The molecule has 1 aromatic heterocycles. The van der Waals surface area contributed by atoms with E-state index in [0.717, 1.165) is 11.0 Å². The summed E-state index contributed by atoms with van der Waals surface area (Å²) in [6, 6.07) is 14.5. The molecule has 4 rings (SSSR count). The Labute approximate surface area is 170 Å². The number of hydrogen-bond donors (Lipinski definition) is 1. The van der Waals surface area contributed by atoms with E-state index in [1.165, 1.54) is 23.6 Å². The fourth-order valence-electron chi connectivity index (χ4n) is 2.76. The van der Waals surface area contributed by atoms with Crippen molar-refractivity contribution < 1.29 is 9.59 Å². The van der Waals surface area contributed by atoms with Gasteiger partial charge < -0.3 is 5.32 Å². The molecule has 2 heterocycles. The van der Waals surface area contributed by atoms with E-state index in [1.807, 2.05) is 24.3 Å². The van der Waals surface area contributed by atoms with Gasteiger partial charge in [0.2, 0.25) is 5.91 Å². The molecule has 8 heteroatoms. The largest absolute Gasteiger partial charge is 0.326 e. The molecule has 0 radical (unpaired) electrons. The number of benzene rings is 2. The zero-order chi connectivity index (χ0) is 19.7. The molecule has 1 fully saturated rings. The summed E-state index contributed by atoms with van der Waals surface area (Å²) in [6.45, 7) is 1.44. The van der Waals surface area contributed by atoms with Gasteiger partial charge in [0.15, 0.2) is 4.32 Å². The van der Waals surface area contributed by atoms with Gasteiger partial charge in [-0.3, -0.25) is 19.5 Å². The van der Waals surface area contributed by atoms with E-state index in [1.54, 1.807) is 36.5 Å². The number of carbonyl (C=O) groups excluding carboxylic acids is 2. The van der Waals surface area contributed by atoms with E-state index in [4.69, 9.17) is 12.2 Å². The van der Waals surface area contributed by atoms with Crippen LogP contribution in [0, 0.1) is 0 Å². The predicted molar refractivity (Wildman–Crippen MR) is 116 cm³/mol. The summed E-state index contributed by atoms with van der Waals surface area (Å²) < 4.78 is 0.442. The Balaban J connectivity index is 1.61. The summed E-state index contributed by atoms with van der Waals surface area (Å²) in [4.78, 5) is 34.9. The van der Waals surface area contributed by atoms with Crippen molar-refractivity contribution in [3.63, 3.8) is 0 Å². The fraction of sp³-hybridized carbons (Fsp3) is 0.0500. The number of para-hydroxylation sites is 2. The third kappa shape index (κ3) is 3.64. The zero-order valence-electron chi connectivity index (χ0n) is 14.7. The van der Waals surface area contributed by atoms with Gasteiger partial charge in [-0.05, 0) is 42.5 Å². The minimum atomic E-state index is -0.211. The first-order chi connectivity index (χ1) is 13.5. The van der Waals surface area contributed by atoms with Gasteiger partial charge in [0.1, 0.15) is 0 Å². The van der Waals surface area contributed by atoms with Crippen LogP contribution in [0.2, 0.25) is 0 Å². The van der Waals surface area contributed by atoms with Gasteiger partial charge in [0, 0.05) is 12.6 Å². The molecular weight excluding hydrogens is 392 g/mol. The number of nitrogens with zero attached hydrogens (tertiary/aromatic N) is 3. The Morgan fingerprint density at radius 3 is 2.57 bits per heavy atom. The number of amides is 2. The van der Waals surface area contributed by atoms with E-state index >= 15 is 0 Å². The molecule has 2 aromatic carbocycles. The second-order valence-electron chi connectivity index (χ2n) is 6.03. The summed E-state index contributed by atoms with van der Waals surface area (Å²) in [5.41, 5.74) is 3.46. The summed E-state index contributed by atoms with van der Waals surface area (Å²) in [5, 5.41) is 2.69. The quantitative estimate of drug-likeness (QED) is 0.524. The van der Waals surface area contributed by atoms with Gasteiger partial charge in [-0.2, -0.15) is 0 Å². The smallest absolute Gasteiger partial charge is 0.270 e. The monoisotopic (exact) mass is 406 g/mol. The number of carbonyl (C=O) groups is 2. The molecule has 3 aromatic rings. The van der Waals surface area contributed by atoms with Crippen LogP contribution in [0.1, 0.15) is 12.6 Å². The molecule has 6 nitrogen and oxygen atoms in total. The summed E-state index contributed by atoms with van der Waals surface area (Å²) in [7, 11) is 0. The first kappa shape index (κ1) is 18.3. The van der Waals surface area contributed by atoms with E-state index in [-0.39, 0.29) is 11.8 Å². The van der Waals surface area contributed by atoms with Crippen molar-refractivity contribution in [1.82, 2.24) is 9.97 Å². The van der Waals surface area contributed by atoms with Crippen molar-refractivity contribution in [3.8, 4) is 0 Å². The predicted octanol–water partition coefficient (Wildman–Crippen LogP) is 3.99. The molecule has 28 heavy (non-hydrogen) atoms. The number of anilines is 2. The van der Waals surface area contributed by atoms with Crippen LogP contribution >= 0.6 is 24.0 Å². The summed E-state index contributed by atoms with van der Waals surface area (Å²) in [6.07, 6.45) is 3.33. The van der Waals surface area contributed by atoms with Gasteiger partial charge in [-0.15, -0.1) is 0 Å². The van der Waals surface area contributed by atoms with Crippen molar-refractivity contribution in [2.45, 2.75) is 6.92 Å². The van der Waals surface area contributed by atoms with Gasteiger partial charge in [0.05, 0.1) is 33.5 Å². The maximum Gasteiger partial charge on any atom is 0.270 e. The van der Waals surface area contributed by atoms with Gasteiger partial charge >= 0.3 is 0 Å². The first-order valence-electron chi connectivity index (χ1n) is 8.39. The molecule has 0 saturated carbocycles. The van der Waals surface area contributed by atoms with Gasteiger partial charge in [-0.1, -0.05) is 36.1 Å². The van der Waals surface area contributed by atoms with Crippen LogP contribution < -0.4 is 10.2 Å². The Kier molecular flexibility index (Phi) is 4.89. The third-order valence-corrected chi connectivity index (χ3v) is 5.29. The van der Waals surface area contributed by atoms with Crippen molar-refractivity contribution in [3.05, 3.63) is 65.3 Å². The Morgan fingerprint density at radius 2 is 1.86 bits per heavy atom. The molecule has 0 aliphatic carbocycles. The minimum absolute atomic E-state index is 0.155. The lowest BCUT2D eigenvalue weighted by Crippen LogP contribution is -2.27. The highest BCUT2D eigenvalue weighted by Gasteiger charge is 2.33. The molecule has 1 saturated heterocycles. The highest BCUT2D eigenvalue weighted by Crippen LogP contribution is 2.36. The first-order valence-corrected chi connectivity index (χ1v) is 9.61. The maximum atomic E-state index is 12.9. The van der Waals surface area contributed by atoms with Gasteiger partial charge in [-0.25, -0.2) is 4.98 Å². The summed E-state index contributed by atoms with van der Waals surface area (Å²) >= 11 is 6.62. The van der Waals surface area contributed by atoms with Crippen LogP contribution in [0.3, 0.4) is 0 Å². The van der Waals surface area contributed by atoms with Crippen LogP contribution in [-0.2, 0) is 9.59 Å². The number of rotatable bonds is 3. The molecular formula is C20H14N4O2S2. The van der Waals surface area contributed by atoms with E-state index < -0.39 is 0 Å². The Bertz CT molecular complexity index is 1140. The average Bonchev–Trinajstić information content (AvgIpc) is 2.95. The number of thioether (sulfide) groups is 1. The Morgan fingerprint density at radius 1 is 1.14 bits per heavy atom. The SMILES string of the molecule is CC(=O)Nc1ccc(N2C(=O)/C(=C/c3cnc4ccccc4n3)SC2=S)cc1. The van der Waals surface area contributed by atoms with Crippen LogP contribution in [-0.4, -0.2) is 26.1 Å². The summed E-state index contributed by atoms with van der Waals surface area (Å²) in [5.74, 6) is -0.366. The van der Waals surface area contributed by atoms with Crippen LogP contribution in [0.5, 0.6) is 0 Å². The highest BCUT2D eigenvalue weighted by molar-refractivity contribution is 8.27. The molecule has 0 unspecified atom stereocenters. The van der Waals surface area contributed by atoms with Crippen molar-refractivity contribution in [2.75, 3.05) is 10.2 Å². The number of thiocarbonyl (C=S) groups is 1. The van der Waals surface area contributed by atoms with E-state index in [2.05, 4.69) is 15.3 Å². The van der Waals surface area contributed by atoms with E-state index in [0.29, 0.717) is 26.3 Å². The van der Waals surface area contributed by atoms with Crippen molar-refractivity contribution in [2.24, 2.45) is 0 Å². The highest BCUT2D eigenvalue weighted by atomic mass is 32.2. The topological polar surface area (TPSA) is 75.2 Å². The zero-order valence-corrected chi connectivity index (χ0v) is 16.4. The van der Waals surface area contributed by atoms with Gasteiger partial charge in [0.25, 0.3) is 5.91 Å². The number of nitrogens with one attached hydrogen (secondary N) is 1. The molecule has 138 valence electrons. The van der Waals surface area contributed by atoms with Crippen molar-refractivity contribution in [1.29, 1.82) is 0 Å². The molecule has 1 aliphatic heterocycles. The second kappa shape index (κ2) is 7.49. The van der Waals surface area contributed by atoms with E-state index in [9.17, 15) is 9.59 Å². The molecule has 2 amide bonds. The van der Waals surface area contributed by atoms with Crippen molar-refractivity contribution >= 4 is 68.6 Å². The minimum Gasteiger partial charge on any atom is -0.326 e. The Hall–Kier alpha value is -3.10.